The number of carbonyl (C=O) groups excluding carboxylic acids is 1. The van der Waals surface area contributed by atoms with Gasteiger partial charge in [0.05, 0.1) is 12.0 Å². The van der Waals surface area contributed by atoms with Gasteiger partial charge < -0.3 is 9.80 Å². The maximum absolute atomic E-state index is 14.0. The molecule has 1 aliphatic heterocycles. The first-order valence-electron chi connectivity index (χ1n) is 9.70. The zero-order chi connectivity index (χ0) is 20.7. The lowest BCUT2D eigenvalue weighted by Crippen LogP contribution is -2.51. The predicted molar refractivity (Wildman–Crippen MR) is 104 cm³/mol. The van der Waals surface area contributed by atoms with E-state index in [2.05, 4.69) is 15.0 Å². The van der Waals surface area contributed by atoms with Crippen LogP contribution in [0.1, 0.15) is 35.7 Å². The van der Waals surface area contributed by atoms with Crippen LogP contribution >= 0.6 is 0 Å². The SMILES string of the molecule is Cc1ncn(CC(=O)N2CCN(c3nc(C4CC4)c(F)c(=O)[nH]3)CC2)c(=O)c1C. The highest BCUT2D eigenvalue weighted by molar-refractivity contribution is 5.76. The second kappa shape index (κ2) is 7.41. The number of nitrogens with zero attached hydrogens (tertiary/aromatic N) is 5. The molecule has 1 N–H and O–H groups in total. The molecule has 1 saturated heterocycles. The molecule has 3 heterocycles. The Bertz CT molecular complexity index is 1070. The fourth-order valence-corrected chi connectivity index (χ4v) is 3.44. The lowest BCUT2D eigenvalue weighted by atomic mass is 10.2. The summed E-state index contributed by atoms with van der Waals surface area (Å²) >= 11 is 0. The Balaban J connectivity index is 1.42. The van der Waals surface area contributed by atoms with Crippen LogP contribution in [0, 0.1) is 19.7 Å². The Morgan fingerprint density at radius 3 is 2.55 bits per heavy atom. The van der Waals surface area contributed by atoms with Gasteiger partial charge in [-0.25, -0.2) is 9.97 Å². The van der Waals surface area contributed by atoms with E-state index < -0.39 is 11.4 Å². The van der Waals surface area contributed by atoms with E-state index in [0.29, 0.717) is 43.4 Å². The normalized spacial score (nSPS) is 16.9. The molecule has 2 aliphatic rings. The van der Waals surface area contributed by atoms with E-state index in [-0.39, 0.29) is 29.6 Å². The van der Waals surface area contributed by atoms with Gasteiger partial charge in [0, 0.05) is 43.4 Å². The van der Waals surface area contributed by atoms with E-state index in [0.717, 1.165) is 12.8 Å². The first-order valence-corrected chi connectivity index (χ1v) is 9.70. The van der Waals surface area contributed by atoms with E-state index in [1.54, 1.807) is 18.7 Å². The molecule has 2 fully saturated rings. The smallest absolute Gasteiger partial charge is 0.288 e. The van der Waals surface area contributed by atoms with Crippen LogP contribution < -0.4 is 16.0 Å². The minimum atomic E-state index is -0.794. The van der Waals surface area contributed by atoms with Crippen LogP contribution in [-0.2, 0) is 11.3 Å². The topological polar surface area (TPSA) is 104 Å². The Hall–Kier alpha value is -3.04. The summed E-state index contributed by atoms with van der Waals surface area (Å²) < 4.78 is 15.3. The van der Waals surface area contributed by atoms with Gasteiger partial charge >= 0.3 is 0 Å². The molecule has 1 saturated carbocycles. The predicted octanol–water partition coefficient (Wildman–Crippen LogP) is 0.309. The van der Waals surface area contributed by atoms with E-state index in [4.69, 9.17) is 0 Å². The Morgan fingerprint density at radius 2 is 1.90 bits per heavy atom. The van der Waals surface area contributed by atoms with E-state index in [1.807, 2.05) is 4.90 Å². The molecular formula is C19H23FN6O3. The number of carbonyl (C=O) groups is 1. The van der Waals surface area contributed by atoms with Crippen molar-refractivity contribution in [2.75, 3.05) is 31.1 Å². The first kappa shape index (κ1) is 19.3. The van der Waals surface area contributed by atoms with Crippen LogP contribution in [0.4, 0.5) is 10.3 Å². The van der Waals surface area contributed by atoms with Gasteiger partial charge in [-0.15, -0.1) is 0 Å². The Kier molecular flexibility index (Phi) is 4.93. The second-order valence-corrected chi connectivity index (χ2v) is 7.62. The number of amides is 1. The van der Waals surface area contributed by atoms with Gasteiger partial charge in [-0.2, -0.15) is 4.39 Å². The molecule has 29 heavy (non-hydrogen) atoms. The van der Waals surface area contributed by atoms with Gasteiger partial charge in [-0.05, 0) is 26.7 Å². The number of aryl methyl sites for hydroxylation is 1. The van der Waals surface area contributed by atoms with Crippen molar-refractivity contribution in [1.82, 2.24) is 24.4 Å². The number of hydrogen-bond acceptors (Lipinski definition) is 6. The highest BCUT2D eigenvalue weighted by atomic mass is 19.1. The molecule has 2 aromatic heterocycles. The van der Waals surface area contributed by atoms with E-state index >= 15 is 0 Å². The molecule has 4 rings (SSSR count). The molecule has 1 amide bonds. The monoisotopic (exact) mass is 402 g/mol. The third-order valence-electron chi connectivity index (χ3n) is 5.59. The van der Waals surface area contributed by atoms with E-state index in [9.17, 15) is 18.8 Å². The molecule has 0 bridgehead atoms. The first-order chi connectivity index (χ1) is 13.8. The van der Waals surface area contributed by atoms with Crippen molar-refractivity contribution >= 4 is 11.9 Å². The minimum absolute atomic E-state index is 0.0313. The number of piperazine rings is 1. The average Bonchev–Trinajstić information content (AvgIpc) is 3.55. The molecule has 1 aliphatic carbocycles. The van der Waals surface area contributed by atoms with Crippen molar-refractivity contribution in [1.29, 1.82) is 0 Å². The van der Waals surface area contributed by atoms with Crippen molar-refractivity contribution in [2.45, 2.75) is 39.2 Å². The zero-order valence-electron chi connectivity index (χ0n) is 16.4. The van der Waals surface area contributed by atoms with Crippen molar-refractivity contribution in [3.05, 3.63) is 49.8 Å². The maximum atomic E-state index is 14.0. The summed E-state index contributed by atoms with van der Waals surface area (Å²) in [7, 11) is 0. The van der Waals surface area contributed by atoms with Gasteiger partial charge in [-0.1, -0.05) is 0 Å². The summed E-state index contributed by atoms with van der Waals surface area (Å²) in [6.07, 6.45) is 3.09. The van der Waals surface area contributed by atoms with Gasteiger partial charge in [-0.3, -0.25) is 23.9 Å². The van der Waals surface area contributed by atoms with Crippen LogP contribution in [0.15, 0.2) is 15.9 Å². The van der Waals surface area contributed by atoms with Crippen molar-refractivity contribution in [2.24, 2.45) is 0 Å². The molecule has 154 valence electrons. The fourth-order valence-electron chi connectivity index (χ4n) is 3.44. The maximum Gasteiger partial charge on any atom is 0.288 e. The molecule has 0 unspecified atom stereocenters. The standard InChI is InChI=1S/C19H23FN6O3/c1-11-12(2)21-10-26(18(11)29)9-14(27)24-5-7-25(8-6-24)19-22-16(13-3-4-13)15(20)17(28)23-19/h10,13H,3-9H2,1-2H3,(H,22,23,28). The summed E-state index contributed by atoms with van der Waals surface area (Å²) in [5, 5.41) is 0. The number of H-pyrrole nitrogens is 1. The summed E-state index contributed by atoms with van der Waals surface area (Å²) in [6.45, 7) is 5.15. The second-order valence-electron chi connectivity index (χ2n) is 7.62. The lowest BCUT2D eigenvalue weighted by molar-refractivity contribution is -0.132. The summed E-state index contributed by atoms with van der Waals surface area (Å²) in [5.41, 5.74) is 0.452. The highest BCUT2D eigenvalue weighted by Crippen LogP contribution is 2.39. The Morgan fingerprint density at radius 1 is 1.21 bits per heavy atom. The zero-order valence-corrected chi connectivity index (χ0v) is 16.4. The quantitative estimate of drug-likeness (QED) is 0.789. The largest absolute Gasteiger partial charge is 0.339 e. The molecule has 10 heteroatoms. The number of hydrogen-bond donors (Lipinski definition) is 1. The lowest BCUT2D eigenvalue weighted by Gasteiger charge is -2.35. The van der Waals surface area contributed by atoms with Crippen LogP contribution in [0.2, 0.25) is 0 Å². The molecule has 2 aromatic rings. The van der Waals surface area contributed by atoms with Crippen molar-refractivity contribution in [3.8, 4) is 0 Å². The minimum Gasteiger partial charge on any atom is -0.339 e. The van der Waals surface area contributed by atoms with Crippen LogP contribution in [0.3, 0.4) is 0 Å². The molecule has 0 spiro atoms. The molecular weight excluding hydrogens is 379 g/mol. The summed E-state index contributed by atoms with van der Waals surface area (Å²) in [6, 6.07) is 0. The number of aromatic amines is 1. The summed E-state index contributed by atoms with van der Waals surface area (Å²) in [5.74, 6) is -0.586. The third kappa shape index (κ3) is 3.79. The van der Waals surface area contributed by atoms with Crippen molar-refractivity contribution < 1.29 is 9.18 Å². The van der Waals surface area contributed by atoms with Gasteiger partial charge in [0.2, 0.25) is 17.7 Å². The number of aromatic nitrogens is 4. The number of halogens is 1. The van der Waals surface area contributed by atoms with Crippen molar-refractivity contribution in [3.63, 3.8) is 0 Å². The van der Waals surface area contributed by atoms with Crippen LogP contribution in [0.25, 0.3) is 0 Å². The fraction of sp³-hybridized carbons (Fsp3) is 0.526. The molecule has 0 atom stereocenters. The molecule has 9 nitrogen and oxygen atoms in total. The van der Waals surface area contributed by atoms with Gasteiger partial charge in [0.1, 0.15) is 6.54 Å². The molecule has 0 radical (unpaired) electrons. The number of anilines is 1. The molecule has 0 aromatic carbocycles. The highest BCUT2D eigenvalue weighted by Gasteiger charge is 2.31. The Labute approximate surface area is 166 Å². The van der Waals surface area contributed by atoms with Crippen LogP contribution in [-0.4, -0.2) is 56.5 Å². The van der Waals surface area contributed by atoms with Crippen LogP contribution in [0.5, 0.6) is 0 Å². The number of rotatable bonds is 4. The average molecular weight is 402 g/mol. The summed E-state index contributed by atoms with van der Waals surface area (Å²) in [4.78, 5) is 51.3. The van der Waals surface area contributed by atoms with Gasteiger partial charge in [0.15, 0.2) is 0 Å². The number of nitrogens with one attached hydrogen (secondary N) is 1. The third-order valence-corrected chi connectivity index (χ3v) is 5.59. The van der Waals surface area contributed by atoms with Gasteiger partial charge in [0.25, 0.3) is 11.1 Å². The van der Waals surface area contributed by atoms with E-state index in [1.165, 1.54) is 10.9 Å².